The van der Waals surface area contributed by atoms with Crippen molar-refractivity contribution in [2.75, 3.05) is 0 Å². The van der Waals surface area contributed by atoms with E-state index in [2.05, 4.69) is 37.7 Å². The number of nitrogens with zero attached hydrogens (tertiary/aromatic N) is 1. The third kappa shape index (κ3) is 5.85. The van der Waals surface area contributed by atoms with Crippen LogP contribution in [0.3, 0.4) is 0 Å². The molecule has 0 bridgehead atoms. The Kier molecular flexibility index (Phi) is 7.29. The zero-order chi connectivity index (χ0) is 14.3. The molecule has 0 saturated heterocycles. The third-order valence-corrected chi connectivity index (χ3v) is 4.20. The molecule has 1 heterocycles. The van der Waals surface area contributed by atoms with Gasteiger partial charge in [0.25, 0.3) is 0 Å². The fourth-order valence-corrected chi connectivity index (χ4v) is 2.73. The predicted molar refractivity (Wildman–Crippen MR) is 84.9 cm³/mol. The molecule has 19 heavy (non-hydrogen) atoms. The third-order valence-electron chi connectivity index (χ3n) is 4.00. The highest BCUT2D eigenvalue weighted by molar-refractivity contribution is 7.71. The molecule has 0 aliphatic carbocycles. The highest BCUT2D eigenvalue weighted by atomic mass is 32.1. The molecule has 0 aliphatic rings. The van der Waals surface area contributed by atoms with Crippen LogP contribution in [-0.2, 0) is 6.42 Å². The van der Waals surface area contributed by atoms with Crippen molar-refractivity contribution in [3.05, 3.63) is 22.2 Å². The zero-order valence-corrected chi connectivity index (χ0v) is 13.6. The molecule has 0 fully saturated rings. The van der Waals surface area contributed by atoms with Crippen LogP contribution in [-0.4, -0.2) is 9.97 Å². The molecule has 0 aromatic carbocycles. The Balaban J connectivity index is 2.55. The molecular weight excluding hydrogens is 252 g/mol. The molecule has 0 saturated carbocycles. The number of unbranched alkanes of at least 4 members (excludes halogenated alkanes) is 2. The highest BCUT2D eigenvalue weighted by Crippen LogP contribution is 2.24. The summed E-state index contributed by atoms with van der Waals surface area (Å²) in [5, 5.41) is 0. The Hall–Kier alpha value is -0.700. The molecule has 1 rings (SSSR count). The Bertz CT molecular complexity index is 423. The van der Waals surface area contributed by atoms with E-state index < -0.39 is 0 Å². The Morgan fingerprint density at radius 3 is 2.63 bits per heavy atom. The van der Waals surface area contributed by atoms with E-state index in [-0.39, 0.29) is 0 Å². The van der Waals surface area contributed by atoms with Gasteiger partial charge >= 0.3 is 0 Å². The summed E-state index contributed by atoms with van der Waals surface area (Å²) in [4.78, 5) is 7.36. The monoisotopic (exact) mass is 280 g/mol. The van der Waals surface area contributed by atoms with E-state index in [9.17, 15) is 0 Å². The molecule has 3 heteroatoms. The second-order valence-corrected chi connectivity index (χ2v) is 6.28. The Morgan fingerprint density at radius 1 is 1.26 bits per heavy atom. The number of nitrogens with one attached hydrogen (secondary N) is 1. The van der Waals surface area contributed by atoms with Crippen molar-refractivity contribution >= 4 is 12.2 Å². The highest BCUT2D eigenvalue weighted by Gasteiger charge is 2.13. The van der Waals surface area contributed by atoms with Gasteiger partial charge in [0.15, 0.2) is 4.77 Å². The lowest BCUT2D eigenvalue weighted by atomic mass is 9.86. The van der Waals surface area contributed by atoms with Crippen molar-refractivity contribution in [3.8, 4) is 0 Å². The zero-order valence-electron chi connectivity index (χ0n) is 12.8. The number of aromatic amines is 1. The lowest BCUT2D eigenvalue weighted by Crippen LogP contribution is -2.11. The second kappa shape index (κ2) is 8.47. The quantitative estimate of drug-likeness (QED) is 0.521. The predicted octanol–water partition coefficient (Wildman–Crippen LogP) is 5.23. The van der Waals surface area contributed by atoms with Crippen molar-refractivity contribution in [2.24, 2.45) is 11.8 Å². The van der Waals surface area contributed by atoms with Gasteiger partial charge in [-0.15, -0.1) is 0 Å². The number of aromatic nitrogens is 2. The molecule has 1 N–H and O–H groups in total. The number of rotatable bonds is 8. The molecule has 0 radical (unpaired) electrons. The number of hydrogen-bond acceptors (Lipinski definition) is 2. The van der Waals surface area contributed by atoms with Crippen molar-refractivity contribution in [2.45, 2.75) is 66.2 Å². The smallest absolute Gasteiger partial charge is 0.196 e. The van der Waals surface area contributed by atoms with Gasteiger partial charge in [0.1, 0.15) is 0 Å². The van der Waals surface area contributed by atoms with Crippen molar-refractivity contribution in [3.63, 3.8) is 0 Å². The Morgan fingerprint density at radius 2 is 2.00 bits per heavy atom. The van der Waals surface area contributed by atoms with Gasteiger partial charge in [0, 0.05) is 11.9 Å². The van der Waals surface area contributed by atoms with E-state index in [1.807, 2.05) is 6.20 Å². The topological polar surface area (TPSA) is 28.7 Å². The van der Waals surface area contributed by atoms with Gasteiger partial charge in [-0.05, 0) is 49.4 Å². The summed E-state index contributed by atoms with van der Waals surface area (Å²) in [6.45, 7) is 9.07. The summed E-state index contributed by atoms with van der Waals surface area (Å²) in [5.41, 5.74) is 2.49. The van der Waals surface area contributed by atoms with Gasteiger partial charge in [-0.2, -0.15) is 0 Å². The van der Waals surface area contributed by atoms with E-state index in [4.69, 9.17) is 12.2 Å². The minimum Gasteiger partial charge on any atom is -0.334 e. The first-order valence-electron chi connectivity index (χ1n) is 7.59. The van der Waals surface area contributed by atoms with E-state index >= 15 is 0 Å². The largest absolute Gasteiger partial charge is 0.334 e. The van der Waals surface area contributed by atoms with E-state index in [0.29, 0.717) is 4.77 Å². The fraction of sp³-hybridized carbons (Fsp3) is 0.750. The number of hydrogen-bond donors (Lipinski definition) is 1. The molecule has 0 spiro atoms. The summed E-state index contributed by atoms with van der Waals surface area (Å²) in [6, 6.07) is 0. The average Bonchev–Trinajstić information content (AvgIpc) is 2.37. The van der Waals surface area contributed by atoms with Crippen molar-refractivity contribution in [1.82, 2.24) is 9.97 Å². The minimum absolute atomic E-state index is 0.604. The van der Waals surface area contributed by atoms with Crippen LogP contribution in [0.15, 0.2) is 6.20 Å². The van der Waals surface area contributed by atoms with Crippen LogP contribution >= 0.6 is 12.2 Å². The average molecular weight is 280 g/mol. The van der Waals surface area contributed by atoms with Gasteiger partial charge in [-0.25, -0.2) is 4.98 Å². The fourth-order valence-electron chi connectivity index (χ4n) is 2.55. The van der Waals surface area contributed by atoms with Crippen LogP contribution in [0.5, 0.6) is 0 Å². The molecule has 1 aromatic rings. The number of H-pyrrole nitrogens is 1. The normalized spacial score (nSPS) is 12.9. The minimum atomic E-state index is 0.604. The maximum absolute atomic E-state index is 5.11. The lowest BCUT2D eigenvalue weighted by molar-refractivity contribution is 0.324. The lowest BCUT2D eigenvalue weighted by Gasteiger charge is -2.21. The maximum atomic E-state index is 5.11. The molecule has 1 aromatic heterocycles. The summed E-state index contributed by atoms with van der Waals surface area (Å²) in [7, 11) is 0. The van der Waals surface area contributed by atoms with E-state index in [1.54, 1.807) is 0 Å². The van der Waals surface area contributed by atoms with Crippen LogP contribution in [0.4, 0.5) is 0 Å². The molecule has 1 atom stereocenters. The molecule has 108 valence electrons. The second-order valence-electron chi connectivity index (χ2n) is 5.89. The van der Waals surface area contributed by atoms with Gasteiger partial charge in [0.2, 0.25) is 0 Å². The first kappa shape index (κ1) is 16.4. The standard InChI is InChI=1S/C16H28N2S/c1-5-6-7-8-14(12(2)3)9-10-15-13(4)11-17-16(19)18-15/h11-12,14H,5-10H2,1-4H3,(H,17,18,19). The number of aryl methyl sites for hydroxylation is 2. The summed E-state index contributed by atoms with van der Waals surface area (Å²) >= 11 is 5.11. The SMILES string of the molecule is CCCCCC(CCc1[nH]c(=S)ncc1C)C(C)C. The molecule has 2 nitrogen and oxygen atoms in total. The first-order chi connectivity index (χ1) is 9.04. The van der Waals surface area contributed by atoms with E-state index in [0.717, 1.165) is 18.3 Å². The Labute approximate surface area is 123 Å². The van der Waals surface area contributed by atoms with E-state index in [1.165, 1.54) is 43.4 Å². The molecule has 1 unspecified atom stereocenters. The molecule has 0 aliphatic heterocycles. The van der Waals surface area contributed by atoms with Crippen LogP contribution in [0.1, 0.15) is 64.1 Å². The van der Waals surface area contributed by atoms with Crippen LogP contribution in [0.25, 0.3) is 0 Å². The first-order valence-corrected chi connectivity index (χ1v) is 8.00. The summed E-state index contributed by atoms with van der Waals surface area (Å²) in [6.07, 6.45) is 9.61. The van der Waals surface area contributed by atoms with Crippen LogP contribution < -0.4 is 0 Å². The molecular formula is C16H28N2S. The van der Waals surface area contributed by atoms with Gasteiger partial charge in [0.05, 0.1) is 0 Å². The van der Waals surface area contributed by atoms with Crippen LogP contribution in [0.2, 0.25) is 0 Å². The van der Waals surface area contributed by atoms with Gasteiger partial charge < -0.3 is 4.98 Å². The maximum Gasteiger partial charge on any atom is 0.196 e. The van der Waals surface area contributed by atoms with Crippen LogP contribution in [0, 0.1) is 23.5 Å². The molecule has 0 amide bonds. The van der Waals surface area contributed by atoms with Gasteiger partial charge in [-0.1, -0.05) is 46.5 Å². The van der Waals surface area contributed by atoms with Crippen molar-refractivity contribution in [1.29, 1.82) is 0 Å². The summed E-state index contributed by atoms with van der Waals surface area (Å²) in [5.74, 6) is 1.59. The van der Waals surface area contributed by atoms with Crippen molar-refractivity contribution < 1.29 is 0 Å². The van der Waals surface area contributed by atoms with Gasteiger partial charge in [-0.3, -0.25) is 0 Å². The summed E-state index contributed by atoms with van der Waals surface area (Å²) < 4.78 is 0.604.